The Morgan fingerprint density at radius 2 is 1.89 bits per heavy atom. The molecule has 0 radical (unpaired) electrons. The molecule has 1 fully saturated rings. The molecule has 1 amide bonds. The lowest BCUT2D eigenvalue weighted by Gasteiger charge is -2.23. The maximum Gasteiger partial charge on any atom is 0.320 e. The van der Waals surface area contributed by atoms with Crippen LogP contribution in [-0.4, -0.2) is 48.6 Å². The van der Waals surface area contributed by atoms with Crippen molar-refractivity contribution >= 4 is 11.9 Å². The summed E-state index contributed by atoms with van der Waals surface area (Å²) in [4.78, 5) is 25.4. The van der Waals surface area contributed by atoms with Gasteiger partial charge in [0.15, 0.2) is 0 Å². The standard InChI is InChI=1S/C14H26N2O3/c1-5-19-14(18)9-16(12-6-7-12)8-13(17)15-11(4)10(2)3/h10-12H,5-9H2,1-4H3,(H,15,17). The van der Waals surface area contributed by atoms with Gasteiger partial charge in [0.1, 0.15) is 0 Å². The van der Waals surface area contributed by atoms with Gasteiger partial charge in [-0.05, 0) is 32.6 Å². The third-order valence-corrected chi connectivity index (χ3v) is 3.44. The van der Waals surface area contributed by atoms with Crippen LogP contribution in [-0.2, 0) is 14.3 Å². The maximum atomic E-state index is 11.9. The fourth-order valence-electron chi connectivity index (χ4n) is 1.78. The van der Waals surface area contributed by atoms with E-state index in [4.69, 9.17) is 4.74 Å². The Balaban J connectivity index is 2.40. The molecule has 19 heavy (non-hydrogen) atoms. The van der Waals surface area contributed by atoms with E-state index in [1.54, 1.807) is 6.92 Å². The summed E-state index contributed by atoms with van der Waals surface area (Å²) in [7, 11) is 0. The molecule has 1 atom stereocenters. The molecule has 0 saturated heterocycles. The Hall–Kier alpha value is -1.10. The van der Waals surface area contributed by atoms with Gasteiger partial charge in [-0.1, -0.05) is 13.8 Å². The van der Waals surface area contributed by atoms with Gasteiger partial charge in [-0.25, -0.2) is 0 Å². The number of nitrogens with zero attached hydrogens (tertiary/aromatic N) is 1. The summed E-state index contributed by atoms with van der Waals surface area (Å²) in [6, 6.07) is 0.514. The fourth-order valence-corrected chi connectivity index (χ4v) is 1.78. The van der Waals surface area contributed by atoms with Gasteiger partial charge < -0.3 is 10.1 Å². The number of carbonyl (C=O) groups excluding carboxylic acids is 2. The maximum absolute atomic E-state index is 11.9. The van der Waals surface area contributed by atoms with Gasteiger partial charge in [-0.2, -0.15) is 0 Å². The highest BCUT2D eigenvalue weighted by Gasteiger charge is 2.32. The number of hydrogen-bond acceptors (Lipinski definition) is 4. The van der Waals surface area contributed by atoms with Crippen LogP contribution in [0.15, 0.2) is 0 Å². The second-order valence-electron chi connectivity index (χ2n) is 5.54. The Morgan fingerprint density at radius 1 is 1.26 bits per heavy atom. The molecule has 1 rings (SSSR count). The molecular formula is C14H26N2O3. The summed E-state index contributed by atoms with van der Waals surface area (Å²) in [5.74, 6) is 0.139. The molecule has 5 nitrogen and oxygen atoms in total. The van der Waals surface area contributed by atoms with Crippen molar-refractivity contribution < 1.29 is 14.3 Å². The number of ether oxygens (including phenoxy) is 1. The average Bonchev–Trinajstić information content (AvgIpc) is 3.11. The first-order chi connectivity index (χ1) is 8.93. The molecule has 1 unspecified atom stereocenters. The molecule has 1 N–H and O–H groups in total. The van der Waals surface area contributed by atoms with Gasteiger partial charge >= 0.3 is 5.97 Å². The predicted octanol–water partition coefficient (Wildman–Crippen LogP) is 1.17. The molecule has 0 aromatic heterocycles. The first-order valence-electron chi connectivity index (χ1n) is 7.13. The Morgan fingerprint density at radius 3 is 2.37 bits per heavy atom. The molecule has 110 valence electrons. The normalized spacial score (nSPS) is 16.5. The zero-order chi connectivity index (χ0) is 14.4. The van der Waals surface area contributed by atoms with E-state index in [1.807, 2.05) is 11.8 Å². The quantitative estimate of drug-likeness (QED) is 0.673. The van der Waals surface area contributed by atoms with Crippen molar-refractivity contribution in [2.75, 3.05) is 19.7 Å². The summed E-state index contributed by atoms with van der Waals surface area (Å²) >= 11 is 0. The largest absolute Gasteiger partial charge is 0.465 e. The molecule has 1 saturated carbocycles. The second-order valence-corrected chi connectivity index (χ2v) is 5.54. The molecule has 5 heteroatoms. The van der Waals surface area contributed by atoms with Crippen LogP contribution in [0.2, 0.25) is 0 Å². The number of rotatable bonds is 8. The minimum absolute atomic E-state index is 0.0163. The SMILES string of the molecule is CCOC(=O)CN(CC(=O)NC(C)C(C)C)C1CC1. The van der Waals surface area contributed by atoms with Crippen LogP contribution in [0.3, 0.4) is 0 Å². The summed E-state index contributed by atoms with van der Waals surface area (Å²) < 4.78 is 4.94. The van der Waals surface area contributed by atoms with E-state index in [1.165, 1.54) is 0 Å². The summed E-state index contributed by atoms with van der Waals surface area (Å²) in [6.45, 7) is 8.80. The van der Waals surface area contributed by atoms with Gasteiger partial charge in [0.25, 0.3) is 0 Å². The third kappa shape index (κ3) is 6.05. The van der Waals surface area contributed by atoms with Crippen LogP contribution in [0.5, 0.6) is 0 Å². The number of carbonyl (C=O) groups is 2. The molecular weight excluding hydrogens is 244 g/mol. The molecule has 0 aliphatic heterocycles. The van der Waals surface area contributed by atoms with Crippen LogP contribution >= 0.6 is 0 Å². The minimum Gasteiger partial charge on any atom is -0.465 e. The predicted molar refractivity (Wildman–Crippen MR) is 73.7 cm³/mol. The van der Waals surface area contributed by atoms with Crippen molar-refractivity contribution in [3.05, 3.63) is 0 Å². The number of nitrogens with one attached hydrogen (secondary N) is 1. The fraction of sp³-hybridized carbons (Fsp3) is 0.857. The zero-order valence-electron chi connectivity index (χ0n) is 12.4. The van der Waals surface area contributed by atoms with E-state index < -0.39 is 0 Å². The van der Waals surface area contributed by atoms with Crippen molar-refractivity contribution in [1.29, 1.82) is 0 Å². The molecule has 0 bridgehead atoms. The van der Waals surface area contributed by atoms with Crippen LogP contribution in [0.25, 0.3) is 0 Å². The van der Waals surface area contributed by atoms with Crippen LogP contribution in [0.1, 0.15) is 40.5 Å². The topological polar surface area (TPSA) is 58.6 Å². The Bertz CT molecular complexity index is 314. The number of esters is 1. The van der Waals surface area contributed by atoms with E-state index in [0.717, 1.165) is 12.8 Å². The van der Waals surface area contributed by atoms with Crippen LogP contribution in [0, 0.1) is 5.92 Å². The van der Waals surface area contributed by atoms with E-state index >= 15 is 0 Å². The Kier molecular flexibility index (Phi) is 6.28. The number of hydrogen-bond donors (Lipinski definition) is 1. The monoisotopic (exact) mass is 270 g/mol. The van der Waals surface area contributed by atoms with Crippen molar-refractivity contribution in [3.63, 3.8) is 0 Å². The van der Waals surface area contributed by atoms with Gasteiger partial charge in [-0.3, -0.25) is 14.5 Å². The van der Waals surface area contributed by atoms with Crippen molar-refractivity contribution in [2.45, 2.75) is 52.6 Å². The van der Waals surface area contributed by atoms with Gasteiger partial charge in [0.2, 0.25) is 5.91 Å². The first-order valence-corrected chi connectivity index (χ1v) is 7.13. The summed E-state index contributed by atoms with van der Waals surface area (Å²) in [5, 5.41) is 2.96. The van der Waals surface area contributed by atoms with Gasteiger partial charge in [0, 0.05) is 12.1 Å². The van der Waals surface area contributed by atoms with Crippen molar-refractivity contribution in [3.8, 4) is 0 Å². The molecule has 0 heterocycles. The number of amides is 1. The molecule has 1 aliphatic rings. The Labute approximate surface area is 115 Å². The molecule has 0 spiro atoms. The highest BCUT2D eigenvalue weighted by atomic mass is 16.5. The highest BCUT2D eigenvalue weighted by molar-refractivity contribution is 5.79. The second kappa shape index (κ2) is 7.48. The van der Waals surface area contributed by atoms with Gasteiger partial charge in [0.05, 0.1) is 19.7 Å². The first kappa shape index (κ1) is 16.0. The van der Waals surface area contributed by atoms with Crippen LogP contribution in [0.4, 0.5) is 0 Å². The molecule has 1 aliphatic carbocycles. The van der Waals surface area contributed by atoms with E-state index in [0.29, 0.717) is 18.6 Å². The van der Waals surface area contributed by atoms with E-state index in [9.17, 15) is 9.59 Å². The smallest absolute Gasteiger partial charge is 0.320 e. The van der Waals surface area contributed by atoms with E-state index in [-0.39, 0.29) is 31.0 Å². The van der Waals surface area contributed by atoms with Gasteiger partial charge in [-0.15, -0.1) is 0 Å². The highest BCUT2D eigenvalue weighted by Crippen LogP contribution is 2.26. The molecule has 0 aromatic carbocycles. The zero-order valence-corrected chi connectivity index (χ0v) is 12.4. The average molecular weight is 270 g/mol. The lowest BCUT2D eigenvalue weighted by atomic mass is 10.1. The van der Waals surface area contributed by atoms with E-state index in [2.05, 4.69) is 19.2 Å². The van der Waals surface area contributed by atoms with Crippen molar-refractivity contribution in [1.82, 2.24) is 10.2 Å². The third-order valence-electron chi connectivity index (χ3n) is 3.44. The summed E-state index contributed by atoms with van der Waals surface area (Å²) in [5.41, 5.74) is 0. The minimum atomic E-state index is -0.251. The van der Waals surface area contributed by atoms with Crippen LogP contribution < -0.4 is 5.32 Å². The molecule has 0 aromatic rings. The lowest BCUT2D eigenvalue weighted by molar-refractivity contribution is -0.144. The van der Waals surface area contributed by atoms with Crippen molar-refractivity contribution in [2.24, 2.45) is 5.92 Å². The lowest BCUT2D eigenvalue weighted by Crippen LogP contribution is -2.45. The summed E-state index contributed by atoms with van der Waals surface area (Å²) in [6.07, 6.45) is 2.12.